The minimum atomic E-state index is 0.989. The van der Waals surface area contributed by atoms with Crippen molar-refractivity contribution in [2.24, 2.45) is 0 Å². The van der Waals surface area contributed by atoms with Crippen LogP contribution in [0, 0.1) is 0 Å². The third kappa shape index (κ3) is 1.87. The Morgan fingerprint density at radius 1 is 0.645 bits per heavy atom. The Balaban J connectivity index is 1.61. The van der Waals surface area contributed by atoms with Gasteiger partial charge in [-0.25, -0.2) is 4.98 Å². The van der Waals surface area contributed by atoms with Crippen LogP contribution in [-0.4, -0.2) is 9.38 Å². The highest BCUT2D eigenvalue weighted by Gasteiger charge is 2.26. The van der Waals surface area contributed by atoms with Crippen LogP contribution in [0.25, 0.3) is 49.6 Å². The predicted molar refractivity (Wildman–Crippen MR) is 127 cm³/mol. The highest BCUT2D eigenvalue weighted by atomic mass is 15.0. The summed E-state index contributed by atoms with van der Waals surface area (Å²) in [5, 5.41) is 3.95. The lowest BCUT2D eigenvalue weighted by molar-refractivity contribution is 1.24. The second kappa shape index (κ2) is 5.41. The lowest BCUT2D eigenvalue weighted by Gasteiger charge is -2.15. The number of imidazole rings is 1. The van der Waals surface area contributed by atoms with Crippen LogP contribution in [0.2, 0.25) is 0 Å². The van der Waals surface area contributed by atoms with Crippen molar-refractivity contribution >= 4 is 27.3 Å². The van der Waals surface area contributed by atoms with Gasteiger partial charge in [-0.05, 0) is 63.2 Å². The van der Waals surface area contributed by atoms with Crippen LogP contribution in [0.3, 0.4) is 0 Å². The van der Waals surface area contributed by atoms with E-state index >= 15 is 0 Å². The van der Waals surface area contributed by atoms with E-state index in [0.29, 0.717) is 0 Å². The summed E-state index contributed by atoms with van der Waals surface area (Å²) in [6.07, 6.45) is 6.06. The summed E-state index contributed by atoms with van der Waals surface area (Å²) < 4.78 is 2.31. The minimum absolute atomic E-state index is 0.989. The van der Waals surface area contributed by atoms with Crippen molar-refractivity contribution in [2.45, 2.75) is 12.8 Å². The Kier molecular flexibility index (Phi) is 2.77. The summed E-state index contributed by atoms with van der Waals surface area (Å²) >= 11 is 0. The zero-order valence-electron chi connectivity index (χ0n) is 16.9. The predicted octanol–water partition coefficient (Wildman–Crippen LogP) is 6.78. The Morgan fingerprint density at radius 3 is 2.32 bits per heavy atom. The third-order valence-electron chi connectivity index (χ3n) is 7.31. The number of hydrogen-bond donors (Lipinski definition) is 0. The normalized spacial score (nSPS) is 13.5. The largest absolute Gasteiger partial charge is 0.299 e. The molecule has 2 heteroatoms. The molecule has 0 N–H and O–H groups in total. The number of pyridine rings is 1. The third-order valence-corrected chi connectivity index (χ3v) is 7.31. The van der Waals surface area contributed by atoms with Gasteiger partial charge in [0.25, 0.3) is 0 Å². The first-order valence-corrected chi connectivity index (χ1v) is 10.9. The van der Waals surface area contributed by atoms with Crippen molar-refractivity contribution in [1.82, 2.24) is 9.38 Å². The number of benzene rings is 4. The van der Waals surface area contributed by atoms with E-state index in [1.165, 1.54) is 66.2 Å². The van der Waals surface area contributed by atoms with Gasteiger partial charge in [0.05, 0.1) is 5.52 Å². The number of aromatic nitrogens is 2. The molecule has 0 fully saturated rings. The summed E-state index contributed by atoms with van der Waals surface area (Å²) in [4.78, 5) is 4.82. The van der Waals surface area contributed by atoms with Crippen molar-refractivity contribution in [3.63, 3.8) is 0 Å². The van der Waals surface area contributed by atoms with E-state index in [2.05, 4.69) is 83.4 Å². The molecule has 0 unspecified atom stereocenters. The Bertz CT molecular complexity index is 1740. The molecule has 0 atom stereocenters. The Hall–Kier alpha value is -3.91. The smallest absolute Gasteiger partial charge is 0.145 e. The van der Waals surface area contributed by atoms with Crippen molar-refractivity contribution in [1.29, 1.82) is 0 Å². The van der Waals surface area contributed by atoms with E-state index < -0.39 is 0 Å². The summed E-state index contributed by atoms with van der Waals surface area (Å²) in [5.41, 5.74) is 13.6. The molecule has 0 saturated carbocycles. The average molecular weight is 394 g/mol. The van der Waals surface area contributed by atoms with Gasteiger partial charge in [-0.15, -0.1) is 0 Å². The second-order valence-electron chi connectivity index (χ2n) is 8.80. The number of nitrogens with zero attached hydrogens (tertiary/aromatic N) is 2. The fourth-order valence-electron chi connectivity index (χ4n) is 6.04. The quantitative estimate of drug-likeness (QED) is 0.259. The van der Waals surface area contributed by atoms with Crippen LogP contribution in [0.4, 0.5) is 0 Å². The van der Waals surface area contributed by atoms with Crippen LogP contribution in [0.1, 0.15) is 22.3 Å². The molecule has 2 aliphatic rings. The molecule has 2 nitrogen and oxygen atoms in total. The van der Waals surface area contributed by atoms with Gasteiger partial charge in [-0.1, -0.05) is 66.7 Å². The van der Waals surface area contributed by atoms with E-state index in [1.54, 1.807) is 0 Å². The summed E-state index contributed by atoms with van der Waals surface area (Å²) in [7, 11) is 0. The van der Waals surface area contributed by atoms with E-state index in [9.17, 15) is 0 Å². The monoisotopic (exact) mass is 394 g/mol. The second-order valence-corrected chi connectivity index (χ2v) is 8.80. The molecule has 4 aromatic carbocycles. The average Bonchev–Trinajstić information content (AvgIpc) is 3.53. The maximum absolute atomic E-state index is 4.82. The summed E-state index contributed by atoms with van der Waals surface area (Å²) in [6.45, 7) is 0. The van der Waals surface area contributed by atoms with Gasteiger partial charge in [0.1, 0.15) is 5.65 Å². The van der Waals surface area contributed by atoms with Gasteiger partial charge in [0.15, 0.2) is 0 Å². The first-order chi connectivity index (χ1) is 15.4. The highest BCUT2D eigenvalue weighted by molar-refractivity contribution is 6.19. The molecule has 0 amide bonds. The van der Waals surface area contributed by atoms with Gasteiger partial charge < -0.3 is 0 Å². The fourth-order valence-corrected chi connectivity index (χ4v) is 6.04. The highest BCUT2D eigenvalue weighted by Crippen LogP contribution is 2.47. The SMILES string of the molecule is c1ccc2c(c1)Cc1c-2ccc2c1c1ccc3c(c1n1ccnc21)-c1ccccc1C3. The molecule has 6 aromatic rings. The molecule has 144 valence electrons. The molecule has 0 spiro atoms. The van der Waals surface area contributed by atoms with Crippen LogP contribution in [0.5, 0.6) is 0 Å². The van der Waals surface area contributed by atoms with Gasteiger partial charge in [0.2, 0.25) is 0 Å². The van der Waals surface area contributed by atoms with E-state index in [1.807, 2.05) is 6.20 Å². The molecule has 2 heterocycles. The molecule has 0 bridgehead atoms. The van der Waals surface area contributed by atoms with Crippen molar-refractivity contribution in [2.75, 3.05) is 0 Å². The Morgan fingerprint density at radius 2 is 1.42 bits per heavy atom. The van der Waals surface area contributed by atoms with E-state index in [4.69, 9.17) is 4.98 Å². The van der Waals surface area contributed by atoms with Crippen LogP contribution >= 0.6 is 0 Å². The maximum Gasteiger partial charge on any atom is 0.145 e. The molecular formula is C29H18N2. The molecule has 0 saturated heterocycles. The number of hydrogen-bond acceptors (Lipinski definition) is 1. The maximum atomic E-state index is 4.82. The van der Waals surface area contributed by atoms with Crippen LogP contribution in [-0.2, 0) is 12.8 Å². The van der Waals surface area contributed by atoms with Crippen molar-refractivity contribution < 1.29 is 0 Å². The molecule has 0 radical (unpaired) electrons. The number of fused-ring (bicyclic) bond motifs is 14. The lowest BCUT2D eigenvalue weighted by Crippen LogP contribution is -1.96. The topological polar surface area (TPSA) is 17.3 Å². The Labute approximate surface area is 179 Å². The molecule has 0 aliphatic heterocycles. The van der Waals surface area contributed by atoms with E-state index in [0.717, 1.165) is 18.5 Å². The van der Waals surface area contributed by atoms with Gasteiger partial charge in [-0.3, -0.25) is 4.40 Å². The first kappa shape index (κ1) is 15.9. The van der Waals surface area contributed by atoms with Crippen molar-refractivity contribution in [3.8, 4) is 22.3 Å². The van der Waals surface area contributed by atoms with Gasteiger partial charge in [0, 0.05) is 28.7 Å². The zero-order valence-corrected chi connectivity index (χ0v) is 16.9. The zero-order chi connectivity index (χ0) is 20.1. The van der Waals surface area contributed by atoms with Gasteiger partial charge in [-0.2, -0.15) is 0 Å². The van der Waals surface area contributed by atoms with Crippen LogP contribution < -0.4 is 0 Å². The van der Waals surface area contributed by atoms with E-state index in [-0.39, 0.29) is 0 Å². The van der Waals surface area contributed by atoms with Crippen molar-refractivity contribution in [3.05, 3.63) is 107 Å². The lowest BCUT2D eigenvalue weighted by atomic mass is 9.93. The molecular weight excluding hydrogens is 376 g/mol. The van der Waals surface area contributed by atoms with Gasteiger partial charge >= 0.3 is 0 Å². The summed E-state index contributed by atoms with van der Waals surface area (Å²) in [6, 6.07) is 27.0. The molecule has 2 aliphatic carbocycles. The standard InChI is InChI=1S/C29H18N2/c1-3-7-20-18(6-1)16-25-22(20)11-12-24-27(25)23-10-9-19-15-17-5-2-4-8-21(17)26(19)28(23)31-14-13-30-29(24)31/h1-14H,15-16H2. The van der Waals surface area contributed by atoms with Crippen LogP contribution in [0.15, 0.2) is 85.2 Å². The fraction of sp³-hybridized carbons (Fsp3) is 0.0690. The minimum Gasteiger partial charge on any atom is -0.299 e. The summed E-state index contributed by atoms with van der Waals surface area (Å²) in [5.74, 6) is 0. The number of rotatable bonds is 0. The molecule has 31 heavy (non-hydrogen) atoms. The first-order valence-electron chi connectivity index (χ1n) is 10.9. The molecule has 2 aromatic heterocycles. The molecule has 8 rings (SSSR count).